The molecule has 22 heavy (non-hydrogen) atoms. The van der Waals surface area contributed by atoms with Gasteiger partial charge in [0.1, 0.15) is 5.82 Å². The minimum absolute atomic E-state index is 0.235. The van der Waals surface area contributed by atoms with Crippen molar-refractivity contribution in [1.29, 1.82) is 0 Å². The van der Waals surface area contributed by atoms with E-state index < -0.39 is 0 Å². The first-order chi connectivity index (χ1) is 10.6. The summed E-state index contributed by atoms with van der Waals surface area (Å²) in [6, 6.07) is 12.6. The number of hydrogen-bond acceptors (Lipinski definition) is 1. The van der Waals surface area contributed by atoms with Crippen molar-refractivity contribution in [1.82, 2.24) is 9.97 Å². The summed E-state index contributed by atoms with van der Waals surface area (Å²) in [6.45, 7) is 8.19. The van der Waals surface area contributed by atoms with Gasteiger partial charge in [-0.2, -0.15) is 0 Å². The van der Waals surface area contributed by atoms with Crippen LogP contribution in [0.25, 0.3) is 22.2 Å². The Hall–Kier alpha value is -2.68. The molecule has 0 amide bonds. The van der Waals surface area contributed by atoms with Crippen molar-refractivity contribution >= 4 is 22.2 Å². The van der Waals surface area contributed by atoms with Gasteiger partial charge in [0, 0.05) is 0 Å². The number of imidazole rings is 1. The molecule has 0 spiro atoms. The smallest absolute Gasteiger partial charge is 0.123 e. The summed E-state index contributed by atoms with van der Waals surface area (Å²) in [5.74, 6) is -0.235. The van der Waals surface area contributed by atoms with Gasteiger partial charge in [-0.15, -0.1) is 0 Å². The van der Waals surface area contributed by atoms with Gasteiger partial charge in [0.15, 0.2) is 0 Å². The second kappa shape index (κ2) is 5.98. The van der Waals surface area contributed by atoms with Crippen LogP contribution < -0.4 is 0 Å². The molecule has 0 aliphatic heterocycles. The molecule has 0 fully saturated rings. The zero-order valence-corrected chi connectivity index (χ0v) is 12.3. The van der Waals surface area contributed by atoms with E-state index in [1.165, 1.54) is 12.1 Å². The molecule has 0 unspecified atom stereocenters. The highest BCUT2D eigenvalue weighted by Crippen LogP contribution is 2.26. The Morgan fingerprint density at radius 1 is 1.00 bits per heavy atom. The summed E-state index contributed by atoms with van der Waals surface area (Å²) in [7, 11) is 0. The van der Waals surface area contributed by atoms with E-state index in [1.54, 1.807) is 12.4 Å². The molecule has 0 saturated heterocycles. The molecule has 3 heteroatoms. The zero-order valence-electron chi connectivity index (χ0n) is 12.3. The van der Waals surface area contributed by atoms with E-state index in [0.717, 1.165) is 46.1 Å². The average Bonchev–Trinajstić information content (AvgIpc) is 2.99. The van der Waals surface area contributed by atoms with Gasteiger partial charge in [0.25, 0.3) is 0 Å². The summed E-state index contributed by atoms with van der Waals surface area (Å²) >= 11 is 0. The lowest BCUT2D eigenvalue weighted by Gasteiger charge is -2.09. The Morgan fingerprint density at radius 2 is 1.73 bits per heavy atom. The van der Waals surface area contributed by atoms with E-state index in [-0.39, 0.29) is 5.82 Å². The molecule has 0 aliphatic rings. The number of aromatic amines is 1. The predicted molar refractivity (Wildman–Crippen MR) is 89.8 cm³/mol. The number of benzene rings is 2. The number of aromatic nitrogens is 2. The Balaban J connectivity index is 1.67. The SMILES string of the molecule is C=C(CCC(=C)c1ccc2[nH]cnc2c1)c1cccc(F)c1. The Morgan fingerprint density at radius 3 is 2.45 bits per heavy atom. The standard InChI is InChI=1S/C19H17FN2/c1-13(15-4-3-5-17(20)10-15)6-7-14(2)16-8-9-18-19(11-16)22-12-21-18/h3-5,8-12H,1-2,6-7H2,(H,21,22). The first-order valence-electron chi connectivity index (χ1n) is 7.18. The number of halogens is 1. The van der Waals surface area contributed by atoms with E-state index >= 15 is 0 Å². The molecule has 2 aromatic carbocycles. The minimum Gasteiger partial charge on any atom is -0.345 e. The molecule has 3 rings (SSSR count). The summed E-state index contributed by atoms with van der Waals surface area (Å²) in [5, 5.41) is 0. The maximum Gasteiger partial charge on any atom is 0.123 e. The maximum absolute atomic E-state index is 13.2. The average molecular weight is 292 g/mol. The summed E-state index contributed by atoms with van der Waals surface area (Å²) in [4.78, 5) is 7.33. The second-order valence-electron chi connectivity index (χ2n) is 5.35. The molecule has 0 radical (unpaired) electrons. The summed E-state index contributed by atoms with van der Waals surface area (Å²) in [5.41, 5.74) is 5.81. The highest BCUT2D eigenvalue weighted by molar-refractivity contribution is 5.80. The molecule has 2 nitrogen and oxygen atoms in total. The van der Waals surface area contributed by atoms with Crippen LogP contribution in [-0.2, 0) is 0 Å². The van der Waals surface area contributed by atoms with E-state index in [4.69, 9.17) is 0 Å². The van der Waals surface area contributed by atoms with Crippen molar-refractivity contribution in [2.24, 2.45) is 0 Å². The Kier molecular flexibility index (Phi) is 3.88. The van der Waals surface area contributed by atoms with Crippen molar-refractivity contribution in [2.75, 3.05) is 0 Å². The number of allylic oxidation sites excluding steroid dienone is 2. The van der Waals surface area contributed by atoms with Crippen molar-refractivity contribution in [3.63, 3.8) is 0 Å². The van der Waals surface area contributed by atoms with Crippen molar-refractivity contribution in [3.8, 4) is 0 Å². The monoisotopic (exact) mass is 292 g/mol. The summed E-state index contributed by atoms with van der Waals surface area (Å²) in [6.07, 6.45) is 3.22. The molecular formula is C19H17FN2. The number of nitrogens with zero attached hydrogens (tertiary/aromatic N) is 1. The molecule has 1 aromatic heterocycles. The van der Waals surface area contributed by atoms with Crippen LogP contribution in [0.5, 0.6) is 0 Å². The van der Waals surface area contributed by atoms with Gasteiger partial charge in [-0.05, 0) is 59.4 Å². The minimum atomic E-state index is -0.235. The van der Waals surface area contributed by atoms with Gasteiger partial charge >= 0.3 is 0 Å². The van der Waals surface area contributed by atoms with E-state index in [1.807, 2.05) is 24.3 Å². The lowest BCUT2D eigenvalue weighted by Crippen LogP contribution is -1.88. The van der Waals surface area contributed by atoms with Gasteiger partial charge < -0.3 is 4.98 Å². The highest BCUT2D eigenvalue weighted by atomic mass is 19.1. The molecule has 1 heterocycles. The molecule has 0 saturated carbocycles. The third kappa shape index (κ3) is 2.98. The highest BCUT2D eigenvalue weighted by Gasteiger charge is 2.05. The van der Waals surface area contributed by atoms with Crippen molar-refractivity contribution in [3.05, 3.63) is 78.9 Å². The normalized spacial score (nSPS) is 10.8. The van der Waals surface area contributed by atoms with Gasteiger partial charge in [-0.3, -0.25) is 0 Å². The molecule has 3 aromatic rings. The second-order valence-corrected chi connectivity index (χ2v) is 5.35. The quantitative estimate of drug-likeness (QED) is 0.687. The van der Waals surface area contributed by atoms with Crippen LogP contribution in [0.1, 0.15) is 24.0 Å². The number of H-pyrrole nitrogens is 1. The van der Waals surface area contributed by atoms with E-state index in [2.05, 4.69) is 23.1 Å². The zero-order chi connectivity index (χ0) is 15.5. The Labute approximate surface area is 129 Å². The Bertz CT molecular complexity index is 845. The lowest BCUT2D eigenvalue weighted by atomic mass is 9.96. The fourth-order valence-corrected chi connectivity index (χ4v) is 2.45. The van der Waals surface area contributed by atoms with Crippen LogP contribution >= 0.6 is 0 Å². The third-order valence-electron chi connectivity index (χ3n) is 3.79. The third-order valence-corrected chi connectivity index (χ3v) is 3.79. The molecular weight excluding hydrogens is 275 g/mol. The van der Waals surface area contributed by atoms with Gasteiger partial charge in [0.05, 0.1) is 17.4 Å². The molecule has 110 valence electrons. The van der Waals surface area contributed by atoms with Crippen LogP contribution in [0.2, 0.25) is 0 Å². The van der Waals surface area contributed by atoms with Crippen molar-refractivity contribution < 1.29 is 4.39 Å². The van der Waals surface area contributed by atoms with Gasteiger partial charge in [0.2, 0.25) is 0 Å². The van der Waals surface area contributed by atoms with Crippen LogP contribution in [0.4, 0.5) is 4.39 Å². The van der Waals surface area contributed by atoms with E-state index in [9.17, 15) is 4.39 Å². The number of fused-ring (bicyclic) bond motifs is 1. The molecule has 1 N–H and O–H groups in total. The first kappa shape index (κ1) is 14.3. The molecule has 0 aliphatic carbocycles. The van der Waals surface area contributed by atoms with Gasteiger partial charge in [-0.25, -0.2) is 9.37 Å². The largest absolute Gasteiger partial charge is 0.345 e. The van der Waals surface area contributed by atoms with Crippen molar-refractivity contribution in [2.45, 2.75) is 12.8 Å². The van der Waals surface area contributed by atoms with E-state index in [0.29, 0.717) is 0 Å². The molecule has 0 atom stereocenters. The number of hydrogen-bond donors (Lipinski definition) is 1. The van der Waals surface area contributed by atoms with Gasteiger partial charge in [-0.1, -0.05) is 31.4 Å². The van der Waals surface area contributed by atoms with Crippen LogP contribution in [0, 0.1) is 5.82 Å². The fraction of sp³-hybridized carbons (Fsp3) is 0.105. The summed E-state index contributed by atoms with van der Waals surface area (Å²) < 4.78 is 13.2. The maximum atomic E-state index is 13.2. The first-order valence-corrected chi connectivity index (χ1v) is 7.18. The number of rotatable bonds is 5. The topological polar surface area (TPSA) is 28.7 Å². The van der Waals surface area contributed by atoms with Crippen LogP contribution in [0.15, 0.2) is 61.9 Å². The number of nitrogens with one attached hydrogen (secondary N) is 1. The van der Waals surface area contributed by atoms with Crippen LogP contribution in [-0.4, -0.2) is 9.97 Å². The molecule has 0 bridgehead atoms. The lowest BCUT2D eigenvalue weighted by molar-refractivity contribution is 0.627. The predicted octanol–water partition coefficient (Wildman–Crippen LogP) is 5.21. The van der Waals surface area contributed by atoms with Crippen LogP contribution in [0.3, 0.4) is 0 Å². The fourth-order valence-electron chi connectivity index (χ4n) is 2.45.